The van der Waals surface area contributed by atoms with Crippen LogP contribution in [0.15, 0.2) is 23.3 Å². The van der Waals surface area contributed by atoms with Crippen LogP contribution in [0.25, 0.3) is 0 Å². The van der Waals surface area contributed by atoms with Crippen LogP contribution < -0.4 is 15.5 Å². The second kappa shape index (κ2) is 10.6. The molecule has 0 aromatic carbocycles. The van der Waals surface area contributed by atoms with Gasteiger partial charge in [0.15, 0.2) is 5.96 Å². The van der Waals surface area contributed by atoms with Crippen LogP contribution in [-0.2, 0) is 4.79 Å². The van der Waals surface area contributed by atoms with Crippen LogP contribution in [0.1, 0.15) is 13.3 Å². The van der Waals surface area contributed by atoms with Gasteiger partial charge in [0.25, 0.3) is 0 Å². The molecule has 1 aromatic rings. The van der Waals surface area contributed by atoms with Gasteiger partial charge in [-0.2, -0.15) is 0 Å². The number of rotatable bonds is 5. The highest BCUT2D eigenvalue weighted by molar-refractivity contribution is 14.0. The minimum absolute atomic E-state index is 0. The summed E-state index contributed by atoms with van der Waals surface area (Å²) in [5.74, 6) is 1.44. The number of aromatic nitrogens is 1. The summed E-state index contributed by atoms with van der Waals surface area (Å²) in [5, 5.41) is 7.23. The molecule has 1 aromatic heterocycles. The highest BCUT2D eigenvalue weighted by Gasteiger charge is 2.25. The lowest BCUT2D eigenvalue weighted by Gasteiger charge is -2.20. The molecule has 0 aliphatic carbocycles. The van der Waals surface area contributed by atoms with Gasteiger partial charge in [0, 0.05) is 46.0 Å². The first-order valence-corrected chi connectivity index (χ1v) is 8.49. The van der Waals surface area contributed by atoms with Crippen molar-refractivity contribution in [2.24, 2.45) is 4.99 Å². The van der Waals surface area contributed by atoms with E-state index in [0.717, 1.165) is 31.9 Å². The zero-order chi connectivity index (χ0) is 17.5. The molecule has 1 atom stereocenters. The zero-order valence-electron chi connectivity index (χ0n) is 14.8. The van der Waals surface area contributed by atoms with Gasteiger partial charge < -0.3 is 20.4 Å². The Labute approximate surface area is 171 Å². The summed E-state index contributed by atoms with van der Waals surface area (Å²) in [4.78, 5) is 24.1. The summed E-state index contributed by atoms with van der Waals surface area (Å²) in [6.07, 6.45) is 2.71. The molecule has 0 bridgehead atoms. The average Bonchev–Trinajstić information content (AvgIpc) is 3.01. The number of aliphatic imine (C=N–C) groups is 1. The predicted molar refractivity (Wildman–Crippen MR) is 113 cm³/mol. The van der Waals surface area contributed by atoms with Crippen LogP contribution in [-0.4, -0.2) is 68.1 Å². The molecule has 0 radical (unpaired) electrons. The van der Waals surface area contributed by atoms with Crippen LogP contribution in [0, 0.1) is 0 Å². The maximum absolute atomic E-state index is 11.7. The Bertz CT molecular complexity index is 598. The van der Waals surface area contributed by atoms with E-state index in [0.29, 0.717) is 11.0 Å². The Morgan fingerprint density at radius 3 is 2.92 bits per heavy atom. The third-order valence-corrected chi connectivity index (χ3v) is 4.08. The van der Waals surface area contributed by atoms with Crippen molar-refractivity contribution in [1.82, 2.24) is 20.5 Å². The monoisotopic (exact) mass is 480 g/mol. The van der Waals surface area contributed by atoms with Crippen molar-refractivity contribution < 1.29 is 4.79 Å². The molecule has 0 spiro atoms. The predicted octanol–water partition coefficient (Wildman–Crippen LogP) is 1.57. The number of carbonyl (C=O) groups excluding carboxylic acids is 1. The van der Waals surface area contributed by atoms with E-state index in [9.17, 15) is 4.79 Å². The smallest absolute Gasteiger partial charge is 0.243 e. The van der Waals surface area contributed by atoms with E-state index >= 15 is 0 Å². The summed E-state index contributed by atoms with van der Waals surface area (Å²) in [7, 11) is 3.45. The molecule has 1 aliphatic heterocycles. The van der Waals surface area contributed by atoms with E-state index in [2.05, 4.69) is 25.5 Å². The fourth-order valence-corrected chi connectivity index (χ4v) is 2.72. The number of hydrogen-bond donors (Lipinski definition) is 2. The van der Waals surface area contributed by atoms with Crippen LogP contribution in [0.3, 0.4) is 0 Å². The first kappa shape index (κ1) is 21.8. The molecule has 0 saturated carbocycles. The number of likely N-dealkylation sites (N-methyl/N-ethyl adjacent to an activating group) is 1. The number of pyridine rings is 1. The fourth-order valence-electron chi connectivity index (χ4n) is 2.48. The van der Waals surface area contributed by atoms with E-state index < -0.39 is 0 Å². The third kappa shape index (κ3) is 6.50. The minimum atomic E-state index is -0.0273. The van der Waals surface area contributed by atoms with Crippen LogP contribution in [0.2, 0.25) is 5.02 Å². The number of amides is 1. The molecule has 140 valence electrons. The highest BCUT2D eigenvalue weighted by atomic mass is 127. The van der Waals surface area contributed by atoms with Crippen molar-refractivity contribution in [3.05, 3.63) is 23.4 Å². The summed E-state index contributed by atoms with van der Waals surface area (Å²) in [6.45, 7) is 4.54. The van der Waals surface area contributed by atoms with Crippen molar-refractivity contribution >= 4 is 53.3 Å². The van der Waals surface area contributed by atoms with Gasteiger partial charge in [-0.1, -0.05) is 11.6 Å². The van der Waals surface area contributed by atoms with Gasteiger partial charge in [0.2, 0.25) is 5.91 Å². The summed E-state index contributed by atoms with van der Waals surface area (Å²) >= 11 is 6.22. The van der Waals surface area contributed by atoms with Gasteiger partial charge in [-0.15, -0.1) is 24.0 Å². The maximum Gasteiger partial charge on any atom is 0.243 e. The number of guanidine groups is 1. The topological polar surface area (TPSA) is 72.9 Å². The fraction of sp³-hybridized carbons (Fsp3) is 0.562. The maximum atomic E-state index is 11.7. The van der Waals surface area contributed by atoms with Gasteiger partial charge >= 0.3 is 0 Å². The summed E-state index contributed by atoms with van der Waals surface area (Å²) in [5.41, 5.74) is 0. The number of halogens is 2. The van der Waals surface area contributed by atoms with Crippen LogP contribution >= 0.6 is 35.6 Å². The lowest BCUT2D eigenvalue weighted by atomic mass is 10.3. The lowest BCUT2D eigenvalue weighted by Crippen LogP contribution is -2.45. The molecule has 1 aliphatic rings. The lowest BCUT2D eigenvalue weighted by molar-refractivity contribution is -0.127. The third-order valence-electron chi connectivity index (χ3n) is 3.78. The Hall–Kier alpha value is -1.29. The molecular weight excluding hydrogens is 455 g/mol. The van der Waals surface area contributed by atoms with E-state index in [-0.39, 0.29) is 42.5 Å². The normalized spacial score (nSPS) is 17.0. The SMILES string of the molecule is CCNC(=NCC(=O)N(C)C)NC1CCN(c2ncccc2Cl)C1.I. The molecule has 1 saturated heterocycles. The summed E-state index contributed by atoms with van der Waals surface area (Å²) < 4.78 is 0. The van der Waals surface area contributed by atoms with Crippen molar-refractivity contribution in [3.63, 3.8) is 0 Å². The molecule has 2 heterocycles. The van der Waals surface area contributed by atoms with Gasteiger partial charge in [-0.05, 0) is 25.5 Å². The van der Waals surface area contributed by atoms with Crippen LogP contribution in [0.5, 0.6) is 0 Å². The number of anilines is 1. The largest absolute Gasteiger partial charge is 0.357 e. The molecule has 2 N–H and O–H groups in total. The number of carbonyl (C=O) groups is 1. The Balaban J connectivity index is 0.00000312. The average molecular weight is 481 g/mol. The molecule has 2 rings (SSSR count). The molecular formula is C16H26ClIN6O. The van der Waals surface area contributed by atoms with E-state index in [1.54, 1.807) is 20.3 Å². The second-order valence-corrected chi connectivity index (χ2v) is 6.28. The van der Waals surface area contributed by atoms with E-state index in [4.69, 9.17) is 11.6 Å². The van der Waals surface area contributed by atoms with Crippen molar-refractivity contribution in [2.45, 2.75) is 19.4 Å². The zero-order valence-corrected chi connectivity index (χ0v) is 17.9. The number of nitrogens with one attached hydrogen (secondary N) is 2. The van der Waals surface area contributed by atoms with Gasteiger partial charge in [-0.3, -0.25) is 4.79 Å². The Kier molecular flexibility index (Phi) is 9.26. The van der Waals surface area contributed by atoms with Crippen molar-refractivity contribution in [2.75, 3.05) is 45.2 Å². The highest BCUT2D eigenvalue weighted by Crippen LogP contribution is 2.25. The number of nitrogens with zero attached hydrogens (tertiary/aromatic N) is 4. The molecule has 1 fully saturated rings. The van der Waals surface area contributed by atoms with Gasteiger partial charge in [0.05, 0.1) is 5.02 Å². The van der Waals surface area contributed by atoms with Gasteiger partial charge in [0.1, 0.15) is 12.4 Å². The molecule has 7 nitrogen and oxygen atoms in total. The minimum Gasteiger partial charge on any atom is -0.357 e. The Morgan fingerprint density at radius 2 is 2.28 bits per heavy atom. The number of hydrogen-bond acceptors (Lipinski definition) is 4. The first-order chi connectivity index (χ1) is 11.5. The Morgan fingerprint density at radius 1 is 1.52 bits per heavy atom. The molecule has 1 amide bonds. The standard InChI is InChI=1S/C16H25ClN6O.HI/c1-4-18-16(20-10-14(24)22(2)3)21-12-7-9-23(11-12)15-13(17)6-5-8-19-15;/h5-6,8,12H,4,7,9-11H2,1-3H3,(H2,18,20,21);1H. The van der Waals surface area contributed by atoms with Crippen LogP contribution in [0.4, 0.5) is 5.82 Å². The van der Waals surface area contributed by atoms with E-state index in [1.807, 2.05) is 19.1 Å². The molecule has 25 heavy (non-hydrogen) atoms. The summed E-state index contributed by atoms with van der Waals surface area (Å²) in [6, 6.07) is 3.91. The van der Waals surface area contributed by atoms with Crippen molar-refractivity contribution in [3.8, 4) is 0 Å². The molecule has 1 unspecified atom stereocenters. The van der Waals surface area contributed by atoms with Gasteiger partial charge in [-0.25, -0.2) is 9.98 Å². The quantitative estimate of drug-likeness (QED) is 0.380. The second-order valence-electron chi connectivity index (χ2n) is 5.87. The first-order valence-electron chi connectivity index (χ1n) is 8.11. The molecule has 9 heteroatoms. The van der Waals surface area contributed by atoms with Crippen molar-refractivity contribution in [1.29, 1.82) is 0 Å². The van der Waals surface area contributed by atoms with E-state index in [1.165, 1.54) is 4.90 Å².